The fraction of sp³-hybridized carbons (Fsp3) is 0.438. The van der Waals surface area contributed by atoms with Crippen LogP contribution in [0.15, 0.2) is 27.4 Å². The number of aryl methyl sites for hydroxylation is 1. The van der Waals surface area contributed by atoms with Gasteiger partial charge in [-0.2, -0.15) is 11.3 Å². The molecule has 2 aromatic rings. The van der Waals surface area contributed by atoms with E-state index in [1.807, 2.05) is 11.4 Å². The Morgan fingerprint density at radius 3 is 2.80 bits per heavy atom. The Bertz CT molecular complexity index is 710. The molecule has 3 rings (SSSR count). The molecule has 1 saturated heterocycles. The highest BCUT2D eigenvalue weighted by Gasteiger charge is 2.25. The standard InChI is InChI=1S/C16H20N4O4S/c1-11-8-14(19-24-11)18-16(22)15(21)17-9-13(12-2-7-25-10-12)20-3-5-23-6-4-20/h2,7-8,10,13H,3-6,9H2,1H3,(H,17,21)(H,18,19,22). The normalized spacial score (nSPS) is 16.4. The zero-order chi connectivity index (χ0) is 17.6. The number of ether oxygens (including phenoxy) is 1. The first-order chi connectivity index (χ1) is 12.1. The minimum atomic E-state index is -0.764. The molecule has 2 amide bonds. The number of rotatable bonds is 5. The summed E-state index contributed by atoms with van der Waals surface area (Å²) in [6, 6.07) is 3.60. The Kier molecular flexibility index (Phi) is 5.79. The first kappa shape index (κ1) is 17.6. The summed E-state index contributed by atoms with van der Waals surface area (Å²) >= 11 is 1.61. The third-order valence-corrected chi connectivity index (χ3v) is 4.65. The Hall–Kier alpha value is -2.23. The fourth-order valence-corrected chi connectivity index (χ4v) is 3.39. The highest BCUT2D eigenvalue weighted by atomic mass is 32.1. The third-order valence-electron chi connectivity index (χ3n) is 3.95. The van der Waals surface area contributed by atoms with Gasteiger partial charge < -0.3 is 14.6 Å². The van der Waals surface area contributed by atoms with Crippen LogP contribution in [-0.4, -0.2) is 54.7 Å². The van der Waals surface area contributed by atoms with Gasteiger partial charge >= 0.3 is 11.8 Å². The number of nitrogens with zero attached hydrogens (tertiary/aromatic N) is 2. The van der Waals surface area contributed by atoms with Gasteiger partial charge in [0.25, 0.3) is 0 Å². The van der Waals surface area contributed by atoms with Crippen molar-refractivity contribution in [1.29, 1.82) is 0 Å². The molecule has 2 N–H and O–H groups in total. The lowest BCUT2D eigenvalue weighted by Gasteiger charge is -2.34. The zero-order valence-corrected chi connectivity index (χ0v) is 14.7. The Morgan fingerprint density at radius 1 is 1.36 bits per heavy atom. The average molecular weight is 364 g/mol. The van der Waals surface area contributed by atoms with Crippen molar-refractivity contribution in [3.8, 4) is 0 Å². The Labute approximate surface area is 149 Å². The van der Waals surface area contributed by atoms with Crippen LogP contribution >= 0.6 is 11.3 Å². The smallest absolute Gasteiger partial charge is 0.314 e. The van der Waals surface area contributed by atoms with Crippen molar-refractivity contribution >= 4 is 29.0 Å². The predicted molar refractivity (Wildman–Crippen MR) is 92.3 cm³/mol. The molecule has 0 aromatic carbocycles. The van der Waals surface area contributed by atoms with Crippen molar-refractivity contribution in [2.75, 3.05) is 38.2 Å². The maximum atomic E-state index is 12.1. The van der Waals surface area contributed by atoms with Gasteiger partial charge in [0.1, 0.15) is 5.76 Å². The van der Waals surface area contributed by atoms with Crippen LogP contribution in [0.4, 0.5) is 5.82 Å². The summed E-state index contributed by atoms with van der Waals surface area (Å²) in [6.45, 7) is 4.97. The molecule has 0 aliphatic carbocycles. The average Bonchev–Trinajstić information content (AvgIpc) is 3.28. The van der Waals surface area contributed by atoms with Gasteiger partial charge in [0.15, 0.2) is 5.82 Å². The third kappa shape index (κ3) is 4.65. The summed E-state index contributed by atoms with van der Waals surface area (Å²) < 4.78 is 10.3. The van der Waals surface area contributed by atoms with Crippen LogP contribution in [0.2, 0.25) is 0 Å². The van der Waals surface area contributed by atoms with Crippen molar-refractivity contribution in [3.05, 3.63) is 34.2 Å². The highest BCUT2D eigenvalue weighted by molar-refractivity contribution is 7.07. The maximum absolute atomic E-state index is 12.1. The maximum Gasteiger partial charge on any atom is 0.314 e. The van der Waals surface area contributed by atoms with Crippen LogP contribution in [0.5, 0.6) is 0 Å². The van der Waals surface area contributed by atoms with Gasteiger partial charge in [-0.1, -0.05) is 5.16 Å². The molecular weight excluding hydrogens is 344 g/mol. The van der Waals surface area contributed by atoms with E-state index in [2.05, 4.69) is 26.1 Å². The predicted octanol–water partition coefficient (Wildman–Crippen LogP) is 1.17. The number of carbonyl (C=O) groups is 2. The van der Waals surface area contributed by atoms with E-state index in [4.69, 9.17) is 9.26 Å². The molecule has 25 heavy (non-hydrogen) atoms. The fourth-order valence-electron chi connectivity index (χ4n) is 2.68. The first-order valence-electron chi connectivity index (χ1n) is 8.00. The van der Waals surface area contributed by atoms with E-state index in [1.165, 1.54) is 0 Å². The zero-order valence-electron chi connectivity index (χ0n) is 13.9. The SMILES string of the molecule is Cc1cc(NC(=O)C(=O)NCC(c2ccsc2)N2CCOCC2)no1. The van der Waals surface area contributed by atoms with Crippen LogP contribution in [0.3, 0.4) is 0 Å². The van der Waals surface area contributed by atoms with E-state index in [1.54, 1.807) is 24.3 Å². The molecule has 1 aliphatic rings. The Balaban J connectivity index is 1.58. The molecule has 134 valence electrons. The number of nitrogens with one attached hydrogen (secondary N) is 2. The molecule has 2 aromatic heterocycles. The summed E-state index contributed by atoms with van der Waals surface area (Å²) in [5.74, 6) is -0.686. The monoisotopic (exact) mass is 364 g/mol. The summed E-state index contributed by atoms with van der Waals surface area (Å²) in [6.07, 6.45) is 0. The molecule has 8 nitrogen and oxygen atoms in total. The largest absolute Gasteiger partial charge is 0.379 e. The number of morpholine rings is 1. The summed E-state index contributed by atoms with van der Waals surface area (Å²) in [7, 11) is 0. The first-order valence-corrected chi connectivity index (χ1v) is 8.94. The van der Waals surface area contributed by atoms with Crippen molar-refractivity contribution in [2.24, 2.45) is 0 Å². The molecule has 0 saturated carbocycles. The van der Waals surface area contributed by atoms with Crippen LogP contribution in [0.25, 0.3) is 0 Å². The van der Waals surface area contributed by atoms with E-state index in [-0.39, 0.29) is 11.9 Å². The van der Waals surface area contributed by atoms with Crippen LogP contribution in [-0.2, 0) is 14.3 Å². The van der Waals surface area contributed by atoms with Gasteiger partial charge in [-0.25, -0.2) is 0 Å². The molecular formula is C16H20N4O4S. The van der Waals surface area contributed by atoms with Gasteiger partial charge in [0.2, 0.25) is 0 Å². The van der Waals surface area contributed by atoms with Crippen LogP contribution in [0.1, 0.15) is 17.4 Å². The second kappa shape index (κ2) is 8.24. The molecule has 0 spiro atoms. The number of anilines is 1. The molecule has 1 aliphatic heterocycles. The number of aromatic nitrogens is 1. The molecule has 9 heteroatoms. The van der Waals surface area contributed by atoms with Gasteiger partial charge in [0, 0.05) is 25.7 Å². The van der Waals surface area contributed by atoms with Crippen LogP contribution < -0.4 is 10.6 Å². The lowest BCUT2D eigenvalue weighted by Crippen LogP contribution is -2.45. The molecule has 3 heterocycles. The number of carbonyl (C=O) groups excluding carboxylic acids is 2. The number of amides is 2. The molecule has 1 unspecified atom stereocenters. The lowest BCUT2D eigenvalue weighted by atomic mass is 10.1. The van der Waals surface area contributed by atoms with Gasteiger partial charge in [-0.05, 0) is 29.3 Å². The van der Waals surface area contributed by atoms with E-state index < -0.39 is 11.8 Å². The molecule has 1 atom stereocenters. The lowest BCUT2D eigenvalue weighted by molar-refractivity contribution is -0.136. The minimum absolute atomic E-state index is 0.0150. The molecule has 0 radical (unpaired) electrons. The second-order valence-electron chi connectivity index (χ2n) is 5.71. The summed E-state index contributed by atoms with van der Waals surface area (Å²) in [5.41, 5.74) is 1.12. The van der Waals surface area contributed by atoms with Crippen molar-refractivity contribution < 1.29 is 18.8 Å². The summed E-state index contributed by atoms with van der Waals surface area (Å²) in [5, 5.41) is 12.8. The van der Waals surface area contributed by atoms with E-state index >= 15 is 0 Å². The van der Waals surface area contributed by atoms with Gasteiger partial charge in [-0.15, -0.1) is 0 Å². The number of hydrogen-bond acceptors (Lipinski definition) is 7. The minimum Gasteiger partial charge on any atom is -0.379 e. The van der Waals surface area contributed by atoms with Crippen LogP contribution in [0, 0.1) is 6.92 Å². The van der Waals surface area contributed by atoms with E-state index in [9.17, 15) is 9.59 Å². The van der Waals surface area contributed by atoms with E-state index in [0.717, 1.165) is 18.7 Å². The van der Waals surface area contributed by atoms with Crippen molar-refractivity contribution in [3.63, 3.8) is 0 Å². The number of thiophene rings is 1. The number of hydrogen-bond donors (Lipinski definition) is 2. The quantitative estimate of drug-likeness (QED) is 0.773. The van der Waals surface area contributed by atoms with Gasteiger partial charge in [0.05, 0.1) is 19.3 Å². The molecule has 1 fully saturated rings. The second-order valence-corrected chi connectivity index (χ2v) is 6.49. The highest BCUT2D eigenvalue weighted by Crippen LogP contribution is 2.23. The molecule has 0 bridgehead atoms. The van der Waals surface area contributed by atoms with E-state index in [0.29, 0.717) is 25.5 Å². The van der Waals surface area contributed by atoms with Gasteiger partial charge in [-0.3, -0.25) is 19.8 Å². The summed E-state index contributed by atoms with van der Waals surface area (Å²) in [4.78, 5) is 26.3. The van der Waals surface area contributed by atoms with Crippen molar-refractivity contribution in [1.82, 2.24) is 15.4 Å². The Morgan fingerprint density at radius 2 is 2.16 bits per heavy atom. The topological polar surface area (TPSA) is 96.7 Å². The van der Waals surface area contributed by atoms with Crippen molar-refractivity contribution in [2.45, 2.75) is 13.0 Å².